The fourth-order valence-corrected chi connectivity index (χ4v) is 5.37. The van der Waals surface area contributed by atoms with E-state index in [9.17, 15) is 18.3 Å². The van der Waals surface area contributed by atoms with E-state index in [0.29, 0.717) is 11.3 Å². The molecule has 1 atom stereocenters. The van der Waals surface area contributed by atoms with Gasteiger partial charge < -0.3 is 5.11 Å². The van der Waals surface area contributed by atoms with Crippen LogP contribution in [0.1, 0.15) is 16.4 Å². The van der Waals surface area contributed by atoms with Crippen LogP contribution in [-0.4, -0.2) is 26.0 Å². The van der Waals surface area contributed by atoms with Gasteiger partial charge in [0.2, 0.25) is 0 Å². The molecule has 0 aliphatic carbocycles. The summed E-state index contributed by atoms with van der Waals surface area (Å²) in [5, 5.41) is 9.30. The van der Waals surface area contributed by atoms with Crippen LogP contribution in [0.15, 0.2) is 40.6 Å². The fraction of sp³-hybridized carbons (Fsp3) is 0.214. The average Bonchev–Trinajstić information content (AvgIpc) is 3.02. The zero-order valence-electron chi connectivity index (χ0n) is 11.2. The van der Waals surface area contributed by atoms with Crippen LogP contribution in [0, 0.1) is 6.92 Å². The maximum atomic E-state index is 12.7. The Bertz CT molecular complexity index is 810. The Morgan fingerprint density at radius 1 is 1.29 bits per heavy atom. The third kappa shape index (κ3) is 2.22. The first-order valence-corrected chi connectivity index (χ1v) is 8.58. The van der Waals surface area contributed by atoms with Crippen molar-refractivity contribution in [3.8, 4) is 0 Å². The monoisotopic (exact) mass is 323 g/mol. The molecule has 0 bridgehead atoms. The highest BCUT2D eigenvalue weighted by molar-refractivity contribution is 7.94. The molecule has 0 saturated carbocycles. The Hall–Kier alpha value is -1.86. The number of aliphatic carboxylic acids is 1. The second-order valence-electron chi connectivity index (χ2n) is 4.85. The van der Waals surface area contributed by atoms with Gasteiger partial charge in [0.1, 0.15) is 10.1 Å². The second-order valence-corrected chi connectivity index (χ2v) is 8.23. The van der Waals surface area contributed by atoms with Crippen LogP contribution in [0.3, 0.4) is 0 Å². The first-order chi connectivity index (χ1) is 9.91. The lowest BCUT2D eigenvalue weighted by atomic mass is 10.0. The standard InChI is InChI=1S/C14H13NO4S2/c1-9-6-7-13(20-9)21(18,19)15-8-11(14(16)17)10-4-2-3-5-12(10)15/h2-7,11H,8H2,1H3,(H,16,17). The van der Waals surface area contributed by atoms with E-state index in [1.165, 1.54) is 15.6 Å². The molecule has 2 heterocycles. The number of thiophene rings is 1. The normalized spacial score (nSPS) is 17.8. The summed E-state index contributed by atoms with van der Waals surface area (Å²) in [7, 11) is -3.71. The summed E-state index contributed by atoms with van der Waals surface area (Å²) in [6.45, 7) is 1.77. The van der Waals surface area contributed by atoms with Crippen LogP contribution in [-0.2, 0) is 14.8 Å². The van der Waals surface area contributed by atoms with Crippen LogP contribution >= 0.6 is 11.3 Å². The number of carboxylic acids is 1. The van der Waals surface area contributed by atoms with Gasteiger partial charge in [-0.05, 0) is 30.7 Å². The summed E-state index contributed by atoms with van der Waals surface area (Å²) in [6, 6.07) is 10.1. The Balaban J connectivity index is 2.10. The van der Waals surface area contributed by atoms with Crippen LogP contribution in [0.25, 0.3) is 0 Å². The number of carboxylic acid groups (broad SMARTS) is 1. The molecule has 3 rings (SSSR count). The number of hydrogen-bond acceptors (Lipinski definition) is 4. The molecule has 0 amide bonds. The smallest absolute Gasteiger partial charge is 0.312 e. The maximum Gasteiger partial charge on any atom is 0.312 e. The van der Waals surface area contributed by atoms with E-state index in [0.717, 1.165) is 4.88 Å². The lowest BCUT2D eigenvalue weighted by molar-refractivity contribution is -0.138. The quantitative estimate of drug-likeness (QED) is 0.941. The molecule has 1 unspecified atom stereocenters. The van der Waals surface area contributed by atoms with Gasteiger partial charge >= 0.3 is 5.97 Å². The summed E-state index contributed by atoms with van der Waals surface area (Å²) in [4.78, 5) is 12.3. The predicted octanol–water partition coefficient (Wildman–Crippen LogP) is 2.43. The summed E-state index contributed by atoms with van der Waals surface area (Å²) >= 11 is 1.19. The lowest BCUT2D eigenvalue weighted by Crippen LogP contribution is -2.30. The van der Waals surface area contributed by atoms with Gasteiger partial charge in [-0.25, -0.2) is 8.42 Å². The Morgan fingerprint density at radius 2 is 2.00 bits per heavy atom. The predicted molar refractivity (Wildman–Crippen MR) is 80.4 cm³/mol. The van der Waals surface area contributed by atoms with E-state index in [2.05, 4.69) is 0 Å². The highest BCUT2D eigenvalue weighted by Gasteiger charge is 2.40. The molecule has 0 fully saturated rings. The van der Waals surface area contributed by atoms with Gasteiger partial charge in [0.25, 0.3) is 10.0 Å². The number of sulfonamides is 1. The first-order valence-electron chi connectivity index (χ1n) is 6.32. The fourth-order valence-electron chi connectivity index (χ4n) is 2.47. The first kappa shape index (κ1) is 14.1. The average molecular weight is 323 g/mol. The minimum atomic E-state index is -3.71. The molecule has 110 valence electrons. The van der Waals surface area contributed by atoms with E-state index >= 15 is 0 Å². The summed E-state index contributed by atoms with van der Waals surface area (Å²) in [5.41, 5.74) is 0.998. The Morgan fingerprint density at radius 3 is 2.62 bits per heavy atom. The van der Waals surface area contributed by atoms with Crippen molar-refractivity contribution >= 4 is 33.0 Å². The van der Waals surface area contributed by atoms with Gasteiger partial charge in [-0.3, -0.25) is 9.10 Å². The Labute approximate surface area is 126 Å². The van der Waals surface area contributed by atoms with E-state index in [1.807, 2.05) is 6.92 Å². The van der Waals surface area contributed by atoms with Crippen LogP contribution in [0.4, 0.5) is 5.69 Å². The number of nitrogens with zero attached hydrogens (tertiary/aromatic N) is 1. The summed E-state index contributed by atoms with van der Waals surface area (Å²) in [6.07, 6.45) is 0. The molecule has 1 aromatic carbocycles. The number of aryl methyl sites for hydroxylation is 1. The van der Waals surface area contributed by atoms with Crippen molar-refractivity contribution in [2.75, 3.05) is 10.8 Å². The highest BCUT2D eigenvalue weighted by Crippen LogP contribution is 2.40. The van der Waals surface area contributed by atoms with Gasteiger partial charge in [0.05, 0.1) is 12.2 Å². The maximum absolute atomic E-state index is 12.7. The van der Waals surface area contributed by atoms with Crippen molar-refractivity contribution < 1.29 is 18.3 Å². The SMILES string of the molecule is Cc1ccc(S(=O)(=O)N2CC(C(=O)O)c3ccccc32)s1. The number of para-hydroxylation sites is 1. The molecule has 0 spiro atoms. The van der Waals surface area contributed by atoms with E-state index in [1.54, 1.807) is 36.4 Å². The summed E-state index contributed by atoms with van der Waals surface area (Å²) < 4.78 is 26.9. The Kier molecular flexibility index (Phi) is 3.26. The minimum absolute atomic E-state index is 0.0615. The molecule has 0 saturated heterocycles. The minimum Gasteiger partial charge on any atom is -0.481 e. The van der Waals surface area contributed by atoms with E-state index in [4.69, 9.17) is 0 Å². The lowest BCUT2D eigenvalue weighted by Gasteiger charge is -2.18. The molecule has 21 heavy (non-hydrogen) atoms. The molecule has 2 aromatic rings. The van der Waals surface area contributed by atoms with Gasteiger partial charge in [0.15, 0.2) is 0 Å². The molecule has 1 N–H and O–H groups in total. The molecular formula is C14H13NO4S2. The molecular weight excluding hydrogens is 310 g/mol. The number of fused-ring (bicyclic) bond motifs is 1. The largest absolute Gasteiger partial charge is 0.481 e. The van der Waals surface area contributed by atoms with Gasteiger partial charge in [0, 0.05) is 4.88 Å². The molecule has 1 aliphatic heterocycles. The van der Waals surface area contributed by atoms with Crippen LogP contribution in [0.2, 0.25) is 0 Å². The van der Waals surface area contributed by atoms with Gasteiger partial charge in [-0.1, -0.05) is 18.2 Å². The number of hydrogen-bond donors (Lipinski definition) is 1. The third-order valence-corrected chi connectivity index (χ3v) is 6.74. The van der Waals surface area contributed by atoms with Crippen molar-refractivity contribution in [1.82, 2.24) is 0 Å². The van der Waals surface area contributed by atoms with Crippen molar-refractivity contribution in [2.24, 2.45) is 0 Å². The number of anilines is 1. The summed E-state index contributed by atoms with van der Waals surface area (Å²) in [5.74, 6) is -1.83. The molecule has 5 nitrogen and oxygen atoms in total. The van der Waals surface area contributed by atoms with Gasteiger partial charge in [-0.15, -0.1) is 11.3 Å². The van der Waals surface area contributed by atoms with Crippen LogP contribution < -0.4 is 4.31 Å². The van der Waals surface area contributed by atoms with Crippen LogP contribution in [0.5, 0.6) is 0 Å². The number of rotatable bonds is 3. The van der Waals surface area contributed by atoms with Crippen molar-refractivity contribution in [3.05, 3.63) is 46.8 Å². The molecule has 1 aromatic heterocycles. The van der Waals surface area contributed by atoms with Crippen molar-refractivity contribution in [2.45, 2.75) is 17.1 Å². The third-order valence-electron chi connectivity index (χ3n) is 3.49. The van der Waals surface area contributed by atoms with E-state index in [-0.39, 0.29) is 10.8 Å². The number of carbonyl (C=O) groups is 1. The number of benzene rings is 1. The highest BCUT2D eigenvalue weighted by atomic mass is 32.2. The topological polar surface area (TPSA) is 74.7 Å². The molecule has 1 aliphatic rings. The zero-order chi connectivity index (χ0) is 15.2. The molecule has 7 heteroatoms. The molecule has 0 radical (unpaired) electrons. The van der Waals surface area contributed by atoms with Crippen molar-refractivity contribution in [3.63, 3.8) is 0 Å². The van der Waals surface area contributed by atoms with Gasteiger partial charge in [-0.2, -0.15) is 0 Å². The second kappa shape index (κ2) is 4.85. The van der Waals surface area contributed by atoms with Crippen molar-refractivity contribution in [1.29, 1.82) is 0 Å². The zero-order valence-corrected chi connectivity index (χ0v) is 12.8. The van der Waals surface area contributed by atoms with E-state index < -0.39 is 21.9 Å².